The molecule has 1 aliphatic rings. The quantitative estimate of drug-likeness (QED) is 0.883. The molecule has 0 unspecified atom stereocenters. The number of benzene rings is 1. The van der Waals surface area contributed by atoms with Crippen LogP contribution in [0.2, 0.25) is 5.02 Å². The molecule has 0 saturated heterocycles. The van der Waals surface area contributed by atoms with E-state index in [1.54, 1.807) is 6.07 Å². The van der Waals surface area contributed by atoms with Crippen LogP contribution in [-0.2, 0) is 13.0 Å². The Hall–Kier alpha value is -0.870. The zero-order chi connectivity index (χ0) is 11.5. The summed E-state index contributed by atoms with van der Waals surface area (Å²) < 4.78 is 29.4. The molecule has 0 radical (unpaired) electrons. The summed E-state index contributed by atoms with van der Waals surface area (Å²) in [6.45, 7) is 0.673. The highest BCUT2D eigenvalue weighted by molar-refractivity contribution is 6.30. The van der Waals surface area contributed by atoms with Crippen molar-refractivity contribution in [3.8, 4) is 5.75 Å². The SMILES string of the molecule is FC(F)CNCc1cc(Cl)cc2c1OCC2. The molecule has 5 heteroatoms. The summed E-state index contributed by atoms with van der Waals surface area (Å²) in [6.07, 6.45) is -1.51. The molecule has 0 spiro atoms. The Bertz CT molecular complexity index is 384. The highest BCUT2D eigenvalue weighted by Crippen LogP contribution is 2.32. The van der Waals surface area contributed by atoms with Crippen molar-refractivity contribution in [2.75, 3.05) is 13.2 Å². The zero-order valence-corrected chi connectivity index (χ0v) is 9.36. The number of hydrogen-bond acceptors (Lipinski definition) is 2. The Morgan fingerprint density at radius 2 is 2.25 bits per heavy atom. The summed E-state index contributed by atoms with van der Waals surface area (Å²) in [6, 6.07) is 3.62. The molecule has 0 fully saturated rings. The third kappa shape index (κ3) is 2.62. The van der Waals surface area contributed by atoms with Gasteiger partial charge in [-0.3, -0.25) is 0 Å². The average Bonchev–Trinajstić information content (AvgIpc) is 2.64. The van der Waals surface area contributed by atoms with E-state index < -0.39 is 6.43 Å². The van der Waals surface area contributed by atoms with Gasteiger partial charge in [-0.15, -0.1) is 0 Å². The molecular weight excluding hydrogens is 236 g/mol. The van der Waals surface area contributed by atoms with E-state index in [-0.39, 0.29) is 6.54 Å². The van der Waals surface area contributed by atoms with E-state index in [9.17, 15) is 8.78 Å². The summed E-state index contributed by atoms with van der Waals surface area (Å²) >= 11 is 5.94. The highest BCUT2D eigenvalue weighted by Gasteiger charge is 2.17. The van der Waals surface area contributed by atoms with Crippen LogP contribution in [-0.4, -0.2) is 19.6 Å². The van der Waals surface area contributed by atoms with Crippen LogP contribution in [0.3, 0.4) is 0 Å². The van der Waals surface area contributed by atoms with Crippen LogP contribution in [0.15, 0.2) is 12.1 Å². The molecule has 0 bridgehead atoms. The number of fused-ring (bicyclic) bond motifs is 1. The molecular formula is C11H12ClF2NO. The smallest absolute Gasteiger partial charge is 0.250 e. The summed E-state index contributed by atoms with van der Waals surface area (Å²) in [4.78, 5) is 0. The Kier molecular flexibility index (Phi) is 3.61. The predicted octanol–water partition coefficient (Wildman–Crippen LogP) is 2.63. The monoisotopic (exact) mass is 247 g/mol. The molecule has 1 heterocycles. The van der Waals surface area contributed by atoms with Gasteiger partial charge in [0.2, 0.25) is 0 Å². The lowest BCUT2D eigenvalue weighted by Crippen LogP contribution is -2.20. The Balaban J connectivity index is 2.08. The molecule has 16 heavy (non-hydrogen) atoms. The maximum Gasteiger partial charge on any atom is 0.250 e. The standard InChI is InChI=1S/C11H12ClF2NO/c12-9-3-7-1-2-16-11(7)8(4-9)5-15-6-10(13)14/h3-4,10,15H,1-2,5-6H2. The Morgan fingerprint density at radius 1 is 1.44 bits per heavy atom. The van der Waals surface area contributed by atoms with Gasteiger partial charge in [0.05, 0.1) is 13.2 Å². The maximum atomic E-state index is 12.0. The fraction of sp³-hybridized carbons (Fsp3) is 0.455. The first-order valence-corrected chi connectivity index (χ1v) is 5.47. The molecule has 1 aliphatic heterocycles. The number of halogens is 3. The van der Waals surface area contributed by atoms with E-state index in [1.165, 1.54) is 0 Å². The lowest BCUT2D eigenvalue weighted by Gasteiger charge is -2.09. The van der Waals surface area contributed by atoms with Crippen LogP contribution >= 0.6 is 11.6 Å². The van der Waals surface area contributed by atoms with E-state index in [0.717, 1.165) is 23.3 Å². The van der Waals surface area contributed by atoms with E-state index in [4.69, 9.17) is 16.3 Å². The van der Waals surface area contributed by atoms with Crippen molar-refractivity contribution < 1.29 is 13.5 Å². The number of alkyl halides is 2. The van der Waals surface area contributed by atoms with Gasteiger partial charge < -0.3 is 10.1 Å². The van der Waals surface area contributed by atoms with Crippen molar-refractivity contribution in [2.24, 2.45) is 0 Å². The number of ether oxygens (including phenoxy) is 1. The number of hydrogen-bond donors (Lipinski definition) is 1. The second kappa shape index (κ2) is 4.97. The molecule has 1 aromatic carbocycles. The molecule has 88 valence electrons. The van der Waals surface area contributed by atoms with Gasteiger partial charge in [0.25, 0.3) is 6.43 Å². The maximum absolute atomic E-state index is 12.0. The van der Waals surface area contributed by atoms with Gasteiger partial charge in [0.1, 0.15) is 5.75 Å². The van der Waals surface area contributed by atoms with E-state index in [2.05, 4.69) is 5.32 Å². The molecule has 2 nitrogen and oxygen atoms in total. The number of nitrogens with one attached hydrogen (secondary N) is 1. The molecule has 0 amide bonds. The minimum absolute atomic E-state index is 0.318. The predicted molar refractivity (Wildman–Crippen MR) is 58.4 cm³/mol. The van der Waals surface area contributed by atoms with Crippen molar-refractivity contribution in [3.63, 3.8) is 0 Å². The molecule has 0 aromatic heterocycles. The summed E-state index contributed by atoms with van der Waals surface area (Å²) in [5.41, 5.74) is 1.90. The van der Waals surface area contributed by atoms with Crippen LogP contribution in [0.4, 0.5) is 8.78 Å². The van der Waals surface area contributed by atoms with Crippen molar-refractivity contribution >= 4 is 11.6 Å². The molecule has 1 aromatic rings. The van der Waals surface area contributed by atoms with Crippen LogP contribution in [0, 0.1) is 0 Å². The van der Waals surface area contributed by atoms with Gasteiger partial charge >= 0.3 is 0 Å². The third-order valence-corrected chi connectivity index (χ3v) is 2.66. The fourth-order valence-electron chi connectivity index (χ4n) is 1.79. The van der Waals surface area contributed by atoms with E-state index in [0.29, 0.717) is 18.2 Å². The fourth-order valence-corrected chi connectivity index (χ4v) is 2.06. The van der Waals surface area contributed by atoms with Gasteiger partial charge in [0.15, 0.2) is 0 Å². The summed E-state index contributed by atoms with van der Waals surface area (Å²) in [5.74, 6) is 0.797. The van der Waals surface area contributed by atoms with Gasteiger partial charge in [-0.1, -0.05) is 11.6 Å². The molecule has 1 N–H and O–H groups in total. The topological polar surface area (TPSA) is 21.3 Å². The van der Waals surface area contributed by atoms with Crippen LogP contribution in [0.5, 0.6) is 5.75 Å². The van der Waals surface area contributed by atoms with Gasteiger partial charge in [0, 0.05) is 23.6 Å². The largest absolute Gasteiger partial charge is 0.493 e. The van der Waals surface area contributed by atoms with Crippen LogP contribution < -0.4 is 10.1 Å². The molecule has 0 atom stereocenters. The molecule has 0 aliphatic carbocycles. The molecule has 2 rings (SSSR count). The summed E-state index contributed by atoms with van der Waals surface area (Å²) in [7, 11) is 0. The Labute approximate surface area is 97.5 Å². The van der Waals surface area contributed by atoms with Crippen LogP contribution in [0.25, 0.3) is 0 Å². The zero-order valence-electron chi connectivity index (χ0n) is 8.60. The lowest BCUT2D eigenvalue weighted by atomic mass is 10.1. The second-order valence-corrected chi connectivity index (χ2v) is 4.11. The minimum Gasteiger partial charge on any atom is -0.493 e. The van der Waals surface area contributed by atoms with Crippen molar-refractivity contribution in [1.29, 1.82) is 0 Å². The normalized spacial score (nSPS) is 14.0. The van der Waals surface area contributed by atoms with E-state index >= 15 is 0 Å². The van der Waals surface area contributed by atoms with Gasteiger partial charge in [-0.25, -0.2) is 8.78 Å². The van der Waals surface area contributed by atoms with E-state index in [1.807, 2.05) is 6.07 Å². The van der Waals surface area contributed by atoms with Crippen molar-refractivity contribution in [2.45, 2.75) is 19.4 Å². The highest BCUT2D eigenvalue weighted by atomic mass is 35.5. The number of rotatable bonds is 4. The Morgan fingerprint density at radius 3 is 3.00 bits per heavy atom. The third-order valence-electron chi connectivity index (χ3n) is 2.44. The van der Waals surface area contributed by atoms with Gasteiger partial charge in [-0.2, -0.15) is 0 Å². The molecule has 0 saturated carbocycles. The van der Waals surface area contributed by atoms with Gasteiger partial charge in [-0.05, 0) is 17.7 Å². The van der Waals surface area contributed by atoms with Crippen LogP contribution in [0.1, 0.15) is 11.1 Å². The lowest BCUT2D eigenvalue weighted by molar-refractivity contribution is 0.145. The average molecular weight is 248 g/mol. The minimum atomic E-state index is -2.34. The van der Waals surface area contributed by atoms with Crippen molar-refractivity contribution in [1.82, 2.24) is 5.32 Å². The summed E-state index contributed by atoms with van der Waals surface area (Å²) in [5, 5.41) is 3.29. The second-order valence-electron chi connectivity index (χ2n) is 3.67. The van der Waals surface area contributed by atoms with Crippen molar-refractivity contribution in [3.05, 3.63) is 28.3 Å². The first-order valence-electron chi connectivity index (χ1n) is 5.10. The first-order chi connectivity index (χ1) is 7.66. The first kappa shape index (κ1) is 11.6.